The smallest absolute Gasteiger partial charge is 0.306 e. The predicted octanol–water partition coefficient (Wildman–Crippen LogP) is 3.41. The normalized spacial score (nSPS) is 20.2. The minimum absolute atomic E-state index is 0.152. The minimum atomic E-state index is -3.78. The lowest BCUT2D eigenvalue weighted by Crippen LogP contribution is -2.30. The van der Waals surface area contributed by atoms with Crippen molar-refractivity contribution in [1.82, 2.24) is 4.90 Å². The molecule has 25 heavy (non-hydrogen) atoms. The van der Waals surface area contributed by atoms with Gasteiger partial charge in [0.05, 0.1) is 22.9 Å². The first kappa shape index (κ1) is 18.3. The molecule has 0 N–H and O–H groups in total. The number of carbonyl (C=O) groups is 1. The third-order valence-corrected chi connectivity index (χ3v) is 5.27. The Morgan fingerprint density at radius 2 is 2.12 bits per heavy atom. The molecule has 3 rings (SSSR count). The fourth-order valence-electron chi connectivity index (χ4n) is 3.41. The molecular formula is C17H17Cl2NO4S. The van der Waals surface area contributed by atoms with Crippen molar-refractivity contribution in [2.45, 2.75) is 25.3 Å². The molecule has 2 heterocycles. The second-order valence-electron chi connectivity index (χ2n) is 6.10. The van der Waals surface area contributed by atoms with Crippen LogP contribution in [0.1, 0.15) is 24.0 Å². The van der Waals surface area contributed by atoms with E-state index in [9.17, 15) is 13.2 Å². The number of hydrogen-bond acceptors (Lipinski definition) is 4. The van der Waals surface area contributed by atoms with Crippen molar-refractivity contribution in [3.63, 3.8) is 0 Å². The summed E-state index contributed by atoms with van der Waals surface area (Å²) < 4.78 is 28.7. The Balaban J connectivity index is 2.26. The zero-order valence-corrected chi connectivity index (χ0v) is 15.9. The van der Waals surface area contributed by atoms with Gasteiger partial charge in [0.25, 0.3) is 5.91 Å². The van der Waals surface area contributed by atoms with Gasteiger partial charge in [-0.05, 0) is 37.0 Å². The van der Waals surface area contributed by atoms with Crippen LogP contribution in [0.5, 0.6) is 0 Å². The number of hydrogen-bond donors (Lipinski definition) is 0. The summed E-state index contributed by atoms with van der Waals surface area (Å²) >= 11 is 12.5. The van der Waals surface area contributed by atoms with Crippen molar-refractivity contribution >= 4 is 44.8 Å². The SMILES string of the molecule is C=CCc1cc(Cl)cc(Cl)c1C1=C(OS(C)(=O)=O)C2CCCN2C1=O. The van der Waals surface area contributed by atoms with Crippen LogP contribution in [0.2, 0.25) is 10.0 Å². The molecule has 2 aliphatic heterocycles. The average Bonchev–Trinajstić information content (AvgIpc) is 3.04. The van der Waals surface area contributed by atoms with Crippen molar-refractivity contribution in [3.05, 3.63) is 51.7 Å². The number of fused-ring (bicyclic) bond motifs is 1. The summed E-state index contributed by atoms with van der Waals surface area (Å²) in [5, 5.41) is 0.714. The molecule has 1 aromatic rings. The van der Waals surface area contributed by atoms with Crippen molar-refractivity contribution in [2.24, 2.45) is 0 Å². The van der Waals surface area contributed by atoms with Crippen molar-refractivity contribution in [2.75, 3.05) is 12.8 Å². The first-order chi connectivity index (χ1) is 11.7. The molecular weight excluding hydrogens is 385 g/mol. The highest BCUT2D eigenvalue weighted by Gasteiger charge is 2.46. The molecule has 0 aromatic heterocycles. The van der Waals surface area contributed by atoms with Crippen molar-refractivity contribution < 1.29 is 17.4 Å². The Labute approximate surface area is 157 Å². The second kappa shape index (κ2) is 6.67. The number of amides is 1. The van der Waals surface area contributed by atoms with Crippen LogP contribution >= 0.6 is 23.2 Å². The minimum Gasteiger partial charge on any atom is -0.384 e. The summed E-state index contributed by atoms with van der Waals surface area (Å²) in [6, 6.07) is 2.86. The highest BCUT2D eigenvalue weighted by molar-refractivity contribution is 7.86. The van der Waals surface area contributed by atoms with Gasteiger partial charge in [-0.1, -0.05) is 29.3 Å². The molecule has 134 valence electrons. The van der Waals surface area contributed by atoms with Crippen LogP contribution in [-0.2, 0) is 25.5 Å². The predicted molar refractivity (Wildman–Crippen MR) is 97.9 cm³/mol. The van der Waals surface area contributed by atoms with Crippen LogP contribution < -0.4 is 0 Å². The molecule has 5 nitrogen and oxygen atoms in total. The van der Waals surface area contributed by atoms with E-state index >= 15 is 0 Å². The lowest BCUT2D eigenvalue weighted by molar-refractivity contribution is -0.124. The number of rotatable bonds is 5. The Morgan fingerprint density at radius 3 is 2.76 bits per heavy atom. The molecule has 0 aliphatic carbocycles. The molecule has 1 saturated heterocycles. The molecule has 2 aliphatic rings. The molecule has 1 fully saturated rings. The molecule has 1 atom stereocenters. The Morgan fingerprint density at radius 1 is 1.40 bits per heavy atom. The molecule has 1 aromatic carbocycles. The van der Waals surface area contributed by atoms with E-state index in [-0.39, 0.29) is 28.3 Å². The van der Waals surface area contributed by atoms with E-state index in [1.165, 1.54) is 6.07 Å². The Bertz CT molecular complexity index is 892. The quantitative estimate of drug-likeness (QED) is 0.559. The van der Waals surface area contributed by atoms with Crippen LogP contribution in [-0.4, -0.2) is 38.1 Å². The van der Waals surface area contributed by atoms with Crippen LogP contribution in [0.15, 0.2) is 30.5 Å². The highest BCUT2D eigenvalue weighted by Crippen LogP contribution is 2.43. The Hall–Kier alpha value is -1.50. The van der Waals surface area contributed by atoms with Crippen molar-refractivity contribution in [3.8, 4) is 0 Å². The lowest BCUT2D eigenvalue weighted by atomic mass is 9.96. The number of allylic oxidation sites excluding steroid dienone is 1. The van der Waals surface area contributed by atoms with E-state index in [1.54, 1.807) is 17.0 Å². The topological polar surface area (TPSA) is 63.7 Å². The van der Waals surface area contributed by atoms with E-state index in [2.05, 4.69) is 6.58 Å². The van der Waals surface area contributed by atoms with Gasteiger partial charge in [0.1, 0.15) is 0 Å². The summed E-state index contributed by atoms with van der Waals surface area (Å²) in [5.74, 6) is -0.116. The number of carbonyl (C=O) groups excluding carboxylic acids is 1. The second-order valence-corrected chi connectivity index (χ2v) is 8.52. The molecule has 0 radical (unpaired) electrons. The van der Waals surface area contributed by atoms with Crippen molar-refractivity contribution in [1.29, 1.82) is 0 Å². The van der Waals surface area contributed by atoms with Gasteiger partial charge in [0.15, 0.2) is 5.76 Å². The molecule has 0 saturated carbocycles. The van der Waals surface area contributed by atoms with E-state index in [0.717, 1.165) is 12.7 Å². The maximum Gasteiger partial charge on any atom is 0.306 e. The zero-order chi connectivity index (χ0) is 18.4. The maximum atomic E-state index is 13.0. The zero-order valence-electron chi connectivity index (χ0n) is 13.6. The molecule has 8 heteroatoms. The van der Waals surface area contributed by atoms with E-state index in [0.29, 0.717) is 35.5 Å². The van der Waals surface area contributed by atoms with Gasteiger partial charge < -0.3 is 9.08 Å². The molecule has 0 spiro atoms. The fraction of sp³-hybridized carbons (Fsp3) is 0.353. The van der Waals surface area contributed by atoms with Crippen LogP contribution in [0, 0.1) is 0 Å². The highest BCUT2D eigenvalue weighted by atomic mass is 35.5. The monoisotopic (exact) mass is 401 g/mol. The van der Waals surface area contributed by atoms with E-state index in [4.69, 9.17) is 27.4 Å². The first-order valence-electron chi connectivity index (χ1n) is 7.76. The van der Waals surface area contributed by atoms with Gasteiger partial charge in [-0.3, -0.25) is 4.79 Å². The summed E-state index contributed by atoms with van der Waals surface area (Å²) in [4.78, 5) is 14.6. The largest absolute Gasteiger partial charge is 0.384 e. The molecule has 1 amide bonds. The molecule has 1 unspecified atom stereocenters. The summed E-state index contributed by atoms with van der Waals surface area (Å²) in [6.45, 7) is 4.27. The summed E-state index contributed by atoms with van der Waals surface area (Å²) in [7, 11) is -3.78. The van der Waals surface area contributed by atoms with Crippen LogP contribution in [0.25, 0.3) is 5.57 Å². The van der Waals surface area contributed by atoms with Crippen LogP contribution in [0.3, 0.4) is 0 Å². The number of nitrogens with zero attached hydrogens (tertiary/aromatic N) is 1. The van der Waals surface area contributed by atoms with Gasteiger partial charge in [0.2, 0.25) is 0 Å². The fourth-order valence-corrected chi connectivity index (χ4v) is 4.56. The number of halogens is 2. The first-order valence-corrected chi connectivity index (χ1v) is 10.3. The maximum absolute atomic E-state index is 13.0. The van der Waals surface area contributed by atoms with Gasteiger partial charge in [-0.2, -0.15) is 8.42 Å². The van der Waals surface area contributed by atoms with Crippen LogP contribution in [0.4, 0.5) is 0 Å². The third-order valence-electron chi connectivity index (χ3n) is 4.27. The average molecular weight is 402 g/mol. The van der Waals surface area contributed by atoms with Gasteiger partial charge in [-0.25, -0.2) is 0 Å². The van der Waals surface area contributed by atoms with Gasteiger partial charge >= 0.3 is 10.1 Å². The van der Waals surface area contributed by atoms with E-state index < -0.39 is 10.1 Å². The summed E-state index contributed by atoms with van der Waals surface area (Å²) in [5.41, 5.74) is 1.37. The van der Waals surface area contributed by atoms with E-state index in [1.807, 2.05) is 0 Å². The van der Waals surface area contributed by atoms with Gasteiger partial charge in [-0.15, -0.1) is 6.58 Å². The lowest BCUT2D eigenvalue weighted by Gasteiger charge is -2.16. The third kappa shape index (κ3) is 3.43. The standard InChI is InChI=1S/C17H17Cl2NO4S/c1-3-5-10-8-11(18)9-12(19)14(10)15-16(24-25(2,22)23)13-6-4-7-20(13)17(15)21/h3,8-9,13H,1,4-7H2,2H3. The number of benzene rings is 1. The summed E-state index contributed by atoms with van der Waals surface area (Å²) in [6.07, 6.45) is 4.52. The van der Waals surface area contributed by atoms with Gasteiger partial charge in [0, 0.05) is 17.1 Å². The molecule has 0 bridgehead atoms. The Kier molecular flexibility index (Phi) is 4.88.